The Morgan fingerprint density at radius 3 is 2.52 bits per heavy atom. The van der Waals surface area contributed by atoms with Crippen molar-refractivity contribution in [1.82, 2.24) is 9.97 Å². The van der Waals surface area contributed by atoms with Gasteiger partial charge < -0.3 is 19.2 Å². The van der Waals surface area contributed by atoms with Crippen molar-refractivity contribution >= 4 is 23.7 Å². The van der Waals surface area contributed by atoms with E-state index in [4.69, 9.17) is 14.2 Å². The van der Waals surface area contributed by atoms with Crippen molar-refractivity contribution in [1.29, 1.82) is 0 Å². The Bertz CT molecular complexity index is 941. The molecule has 154 valence electrons. The summed E-state index contributed by atoms with van der Waals surface area (Å²) in [6.45, 7) is 4.70. The highest BCUT2D eigenvalue weighted by Crippen LogP contribution is 2.36. The molecular formula is C20H22N2O6S. The van der Waals surface area contributed by atoms with Crippen molar-refractivity contribution in [2.45, 2.75) is 31.4 Å². The zero-order valence-corrected chi connectivity index (χ0v) is 17.0. The zero-order chi connectivity index (χ0) is 20.8. The summed E-state index contributed by atoms with van der Waals surface area (Å²) in [6.07, 6.45) is 0. The molecule has 0 saturated carbocycles. The number of esters is 2. The summed E-state index contributed by atoms with van der Waals surface area (Å²) in [5.74, 6) is -0.528. The van der Waals surface area contributed by atoms with Crippen LogP contribution >= 0.6 is 11.8 Å². The number of ether oxygens (including phenoxy) is 3. The summed E-state index contributed by atoms with van der Waals surface area (Å²) in [5, 5.41) is 0.546. The van der Waals surface area contributed by atoms with Crippen LogP contribution in [0, 0.1) is 0 Å². The predicted molar refractivity (Wildman–Crippen MR) is 106 cm³/mol. The summed E-state index contributed by atoms with van der Waals surface area (Å²) in [7, 11) is 0. The Hall–Kier alpha value is -2.65. The third kappa shape index (κ3) is 5.04. The number of rotatable bonds is 8. The molecule has 29 heavy (non-hydrogen) atoms. The zero-order valence-electron chi connectivity index (χ0n) is 16.2. The van der Waals surface area contributed by atoms with Gasteiger partial charge in [-0.1, -0.05) is 12.1 Å². The molecular weight excluding hydrogens is 396 g/mol. The van der Waals surface area contributed by atoms with E-state index in [-0.39, 0.29) is 29.9 Å². The summed E-state index contributed by atoms with van der Waals surface area (Å²) in [6, 6.07) is 7.01. The largest absolute Gasteiger partial charge is 0.462 e. The number of fused-ring (bicyclic) bond motifs is 1. The lowest BCUT2D eigenvalue weighted by Crippen LogP contribution is -2.23. The van der Waals surface area contributed by atoms with Crippen molar-refractivity contribution in [2.75, 3.05) is 25.6 Å². The molecule has 1 aromatic carbocycles. The highest BCUT2D eigenvalue weighted by atomic mass is 32.2. The Morgan fingerprint density at radius 2 is 1.83 bits per heavy atom. The third-order valence-electron chi connectivity index (χ3n) is 4.27. The fraction of sp³-hybridized carbons (Fsp3) is 0.400. The number of aromatic nitrogens is 2. The second-order valence-corrected chi connectivity index (χ2v) is 7.30. The molecule has 2 heterocycles. The van der Waals surface area contributed by atoms with Crippen LogP contribution < -0.4 is 5.56 Å². The minimum atomic E-state index is -0.640. The van der Waals surface area contributed by atoms with Gasteiger partial charge in [-0.05, 0) is 31.5 Å². The molecule has 0 amide bonds. The molecule has 3 rings (SSSR count). The summed E-state index contributed by atoms with van der Waals surface area (Å²) >= 11 is 1.43. The van der Waals surface area contributed by atoms with E-state index >= 15 is 0 Å². The van der Waals surface area contributed by atoms with Crippen molar-refractivity contribution in [3.8, 4) is 0 Å². The van der Waals surface area contributed by atoms with Gasteiger partial charge in [0.25, 0.3) is 5.56 Å². The molecule has 1 aromatic heterocycles. The predicted octanol–water partition coefficient (Wildman–Crippen LogP) is 2.53. The van der Waals surface area contributed by atoms with Crippen molar-refractivity contribution in [3.63, 3.8) is 0 Å². The standard InChI is InChI=1S/C20H22N2O6S/c1-3-27-19(24)13-7-5-12(6-8-13)9-26-10-14-11-29-18-15(14)17(23)21-16(22-18)20(25)28-4-2/h5-8,14H,3-4,9-11H2,1-2H3,(H,21,22,23). The van der Waals surface area contributed by atoms with E-state index in [1.165, 1.54) is 11.8 Å². The van der Waals surface area contributed by atoms with E-state index in [2.05, 4.69) is 9.97 Å². The minimum Gasteiger partial charge on any atom is -0.462 e. The maximum atomic E-state index is 12.4. The summed E-state index contributed by atoms with van der Waals surface area (Å²) in [5.41, 5.74) is 1.61. The maximum Gasteiger partial charge on any atom is 0.374 e. The van der Waals surface area contributed by atoms with E-state index in [9.17, 15) is 14.4 Å². The molecule has 1 aliphatic heterocycles. The molecule has 0 radical (unpaired) electrons. The van der Waals surface area contributed by atoms with E-state index in [0.717, 1.165) is 5.56 Å². The van der Waals surface area contributed by atoms with Crippen LogP contribution in [0.5, 0.6) is 0 Å². The van der Waals surface area contributed by atoms with Crippen LogP contribution in [0.1, 0.15) is 51.9 Å². The molecule has 9 heteroatoms. The van der Waals surface area contributed by atoms with Gasteiger partial charge in [0.1, 0.15) is 5.03 Å². The van der Waals surface area contributed by atoms with Gasteiger partial charge in [-0.2, -0.15) is 0 Å². The fourth-order valence-corrected chi connectivity index (χ4v) is 4.09. The Kier molecular flexibility index (Phi) is 7.05. The third-order valence-corrected chi connectivity index (χ3v) is 5.43. The van der Waals surface area contributed by atoms with E-state index in [1.54, 1.807) is 26.0 Å². The first-order valence-electron chi connectivity index (χ1n) is 9.31. The summed E-state index contributed by atoms with van der Waals surface area (Å²) < 4.78 is 15.6. The SMILES string of the molecule is CCOC(=O)c1ccc(COCC2CSc3nc(C(=O)OCC)[nH]c(=O)c32)cc1. The normalized spacial score (nSPS) is 15.0. The van der Waals surface area contributed by atoms with Gasteiger partial charge in [-0.25, -0.2) is 14.6 Å². The molecule has 1 aliphatic rings. The highest BCUT2D eigenvalue weighted by molar-refractivity contribution is 7.99. The highest BCUT2D eigenvalue weighted by Gasteiger charge is 2.30. The van der Waals surface area contributed by atoms with Crippen LogP contribution in [0.4, 0.5) is 0 Å². The Balaban J connectivity index is 1.59. The first-order chi connectivity index (χ1) is 14.0. The van der Waals surface area contributed by atoms with E-state index < -0.39 is 5.97 Å². The first kappa shape index (κ1) is 21.1. The maximum absolute atomic E-state index is 12.4. The number of benzene rings is 1. The van der Waals surface area contributed by atoms with Gasteiger partial charge in [-0.15, -0.1) is 11.8 Å². The number of H-pyrrole nitrogens is 1. The number of carbonyl (C=O) groups excluding carboxylic acids is 2. The lowest BCUT2D eigenvalue weighted by Gasteiger charge is -2.11. The monoisotopic (exact) mass is 418 g/mol. The van der Waals surface area contributed by atoms with Gasteiger partial charge in [0.2, 0.25) is 5.82 Å². The van der Waals surface area contributed by atoms with Crippen molar-refractivity contribution < 1.29 is 23.8 Å². The fourth-order valence-electron chi connectivity index (χ4n) is 2.89. The average Bonchev–Trinajstić information content (AvgIpc) is 3.12. The molecule has 0 fully saturated rings. The number of hydrogen-bond acceptors (Lipinski definition) is 8. The topological polar surface area (TPSA) is 108 Å². The Morgan fingerprint density at radius 1 is 1.14 bits per heavy atom. The number of nitrogens with zero attached hydrogens (tertiary/aromatic N) is 1. The van der Waals surface area contributed by atoms with Crippen LogP contribution in [0.3, 0.4) is 0 Å². The van der Waals surface area contributed by atoms with Crippen LogP contribution in [-0.4, -0.2) is 47.5 Å². The number of nitrogens with one attached hydrogen (secondary N) is 1. The number of carbonyl (C=O) groups is 2. The minimum absolute atomic E-state index is 0.0774. The lowest BCUT2D eigenvalue weighted by molar-refractivity contribution is 0.0505. The number of aromatic amines is 1. The van der Waals surface area contributed by atoms with Crippen LogP contribution in [-0.2, 0) is 20.8 Å². The van der Waals surface area contributed by atoms with Gasteiger partial charge >= 0.3 is 11.9 Å². The average molecular weight is 418 g/mol. The number of thioether (sulfide) groups is 1. The molecule has 8 nitrogen and oxygen atoms in total. The molecule has 1 unspecified atom stereocenters. The quantitative estimate of drug-likeness (QED) is 0.515. The molecule has 1 atom stereocenters. The van der Waals surface area contributed by atoms with Crippen molar-refractivity contribution in [2.24, 2.45) is 0 Å². The van der Waals surface area contributed by atoms with Crippen LogP contribution in [0.15, 0.2) is 34.1 Å². The molecule has 0 spiro atoms. The second kappa shape index (κ2) is 9.71. The van der Waals surface area contributed by atoms with Gasteiger partial charge in [0.05, 0.1) is 37.6 Å². The molecule has 2 aromatic rings. The Labute approximate surface area is 172 Å². The van der Waals surface area contributed by atoms with Gasteiger partial charge in [0, 0.05) is 11.7 Å². The second-order valence-electron chi connectivity index (χ2n) is 6.29. The molecule has 0 aliphatic carbocycles. The molecule has 0 bridgehead atoms. The first-order valence-corrected chi connectivity index (χ1v) is 10.3. The van der Waals surface area contributed by atoms with E-state index in [1.807, 2.05) is 12.1 Å². The van der Waals surface area contributed by atoms with Gasteiger partial charge in [-0.3, -0.25) is 4.79 Å². The lowest BCUT2D eigenvalue weighted by atomic mass is 10.1. The molecule has 1 N–H and O–H groups in total. The van der Waals surface area contributed by atoms with Crippen LogP contribution in [0.25, 0.3) is 0 Å². The van der Waals surface area contributed by atoms with Gasteiger partial charge in [0.15, 0.2) is 0 Å². The van der Waals surface area contributed by atoms with E-state index in [0.29, 0.717) is 41.7 Å². The molecule has 0 saturated heterocycles. The van der Waals surface area contributed by atoms with Crippen LogP contribution in [0.2, 0.25) is 0 Å². The smallest absolute Gasteiger partial charge is 0.374 e. The summed E-state index contributed by atoms with van der Waals surface area (Å²) in [4.78, 5) is 42.6. The van der Waals surface area contributed by atoms with Crippen molar-refractivity contribution in [3.05, 3.63) is 57.1 Å². The number of hydrogen-bond donors (Lipinski definition) is 1.